The van der Waals surface area contributed by atoms with Gasteiger partial charge in [0.25, 0.3) is 5.91 Å². The van der Waals surface area contributed by atoms with Gasteiger partial charge in [-0.05, 0) is 37.6 Å². The minimum absolute atomic E-state index is 0. The van der Waals surface area contributed by atoms with E-state index in [0.717, 1.165) is 0 Å². The van der Waals surface area contributed by atoms with Crippen molar-refractivity contribution < 1.29 is 18.3 Å². The van der Waals surface area contributed by atoms with E-state index in [2.05, 4.69) is 15.4 Å². The van der Waals surface area contributed by atoms with Crippen LogP contribution < -0.4 is 15.4 Å². The molecule has 142 valence electrons. The fourth-order valence-electron chi connectivity index (χ4n) is 2.46. The smallest absolute Gasteiger partial charge is 0.251 e. The van der Waals surface area contributed by atoms with Crippen LogP contribution in [0.1, 0.15) is 30.6 Å². The summed E-state index contributed by atoms with van der Waals surface area (Å²) in [5.41, 5.74) is 0.387. The van der Waals surface area contributed by atoms with E-state index in [1.807, 2.05) is 6.92 Å². The van der Waals surface area contributed by atoms with E-state index >= 15 is 0 Å². The van der Waals surface area contributed by atoms with Crippen molar-refractivity contribution in [1.29, 1.82) is 0 Å². The Morgan fingerprint density at radius 3 is 2.48 bits per heavy atom. The molecule has 4 N–H and O–H groups in total. The van der Waals surface area contributed by atoms with E-state index in [9.17, 15) is 18.3 Å². The molecule has 25 heavy (non-hydrogen) atoms. The summed E-state index contributed by atoms with van der Waals surface area (Å²) in [6.07, 6.45) is 0.242. The van der Waals surface area contributed by atoms with Crippen LogP contribution in [0.4, 0.5) is 0 Å². The van der Waals surface area contributed by atoms with Gasteiger partial charge in [0.2, 0.25) is 10.0 Å². The van der Waals surface area contributed by atoms with Gasteiger partial charge < -0.3 is 15.7 Å². The van der Waals surface area contributed by atoms with Crippen LogP contribution in [0.5, 0.6) is 0 Å². The number of nitrogens with one attached hydrogen (secondary N) is 3. The Labute approximate surface area is 155 Å². The molecule has 9 heteroatoms. The fraction of sp³-hybridized carbons (Fsp3) is 0.562. The Bertz CT molecular complexity index is 666. The van der Waals surface area contributed by atoms with Crippen molar-refractivity contribution in [3.63, 3.8) is 0 Å². The third-order valence-electron chi connectivity index (χ3n) is 4.22. The van der Waals surface area contributed by atoms with E-state index in [1.54, 1.807) is 6.92 Å². The quantitative estimate of drug-likeness (QED) is 0.541. The van der Waals surface area contributed by atoms with Crippen molar-refractivity contribution in [2.75, 3.05) is 19.6 Å². The maximum Gasteiger partial charge on any atom is 0.251 e. The van der Waals surface area contributed by atoms with E-state index in [1.165, 1.54) is 24.3 Å². The first-order valence-corrected chi connectivity index (χ1v) is 9.61. The fourth-order valence-corrected chi connectivity index (χ4v) is 3.78. The zero-order chi connectivity index (χ0) is 17.7. The molecule has 1 heterocycles. The van der Waals surface area contributed by atoms with E-state index in [-0.39, 0.29) is 35.2 Å². The number of aliphatic hydroxyl groups is 1. The third-order valence-corrected chi connectivity index (χ3v) is 5.83. The SMILES string of the molecule is CCC(C)NS(=O)(=O)c1ccc(C(=O)NCC2CNCC2O)cc1.Cl. The Kier molecular flexibility index (Phi) is 8.30. The second-order valence-electron chi connectivity index (χ2n) is 6.15. The van der Waals surface area contributed by atoms with Crippen LogP contribution in [0.15, 0.2) is 29.2 Å². The number of carbonyl (C=O) groups is 1. The summed E-state index contributed by atoms with van der Waals surface area (Å²) in [5.74, 6) is -0.290. The lowest BCUT2D eigenvalue weighted by Crippen LogP contribution is -2.34. The van der Waals surface area contributed by atoms with Crippen molar-refractivity contribution in [2.24, 2.45) is 5.92 Å². The molecule has 0 bridgehead atoms. The van der Waals surface area contributed by atoms with Crippen molar-refractivity contribution in [3.05, 3.63) is 29.8 Å². The molecule has 7 nitrogen and oxygen atoms in total. The second kappa shape index (κ2) is 9.49. The van der Waals surface area contributed by atoms with E-state index < -0.39 is 16.1 Å². The Morgan fingerprint density at radius 1 is 1.32 bits per heavy atom. The van der Waals surface area contributed by atoms with Gasteiger partial charge in [-0.1, -0.05) is 6.92 Å². The predicted molar refractivity (Wildman–Crippen MR) is 98.5 cm³/mol. The lowest BCUT2D eigenvalue weighted by atomic mass is 10.1. The van der Waals surface area contributed by atoms with Crippen molar-refractivity contribution in [3.8, 4) is 0 Å². The molecule has 0 spiro atoms. The molecule has 2 rings (SSSR count). The van der Waals surface area contributed by atoms with Crippen molar-refractivity contribution >= 4 is 28.3 Å². The van der Waals surface area contributed by atoms with Crippen LogP contribution in [0.25, 0.3) is 0 Å². The predicted octanol–water partition coefficient (Wildman–Crippen LogP) is 0.495. The molecule has 0 aromatic heterocycles. The lowest BCUT2D eigenvalue weighted by Gasteiger charge is -2.14. The molecule has 0 saturated carbocycles. The molecular weight excluding hydrogens is 366 g/mol. The third kappa shape index (κ3) is 5.93. The largest absolute Gasteiger partial charge is 0.391 e. The number of carbonyl (C=O) groups excluding carboxylic acids is 1. The average Bonchev–Trinajstić information content (AvgIpc) is 2.97. The molecule has 1 amide bonds. The van der Waals surface area contributed by atoms with Crippen LogP contribution in [0.3, 0.4) is 0 Å². The maximum absolute atomic E-state index is 12.2. The number of amides is 1. The van der Waals surface area contributed by atoms with Gasteiger partial charge >= 0.3 is 0 Å². The van der Waals surface area contributed by atoms with Gasteiger partial charge in [0.05, 0.1) is 11.0 Å². The van der Waals surface area contributed by atoms with Crippen LogP contribution in [-0.2, 0) is 10.0 Å². The Morgan fingerprint density at radius 2 is 1.96 bits per heavy atom. The van der Waals surface area contributed by atoms with Crippen molar-refractivity contribution in [2.45, 2.75) is 37.3 Å². The molecule has 1 fully saturated rings. The van der Waals surface area contributed by atoms with Crippen LogP contribution in [0.2, 0.25) is 0 Å². The topological polar surface area (TPSA) is 108 Å². The molecular formula is C16H26ClN3O4S. The molecule has 1 aromatic rings. The number of rotatable bonds is 7. The Balaban J connectivity index is 0.00000312. The van der Waals surface area contributed by atoms with Gasteiger partial charge in [0.1, 0.15) is 0 Å². The summed E-state index contributed by atoms with van der Waals surface area (Å²) in [6, 6.07) is 5.68. The van der Waals surface area contributed by atoms with Crippen LogP contribution in [-0.4, -0.2) is 51.2 Å². The first-order valence-electron chi connectivity index (χ1n) is 8.13. The molecule has 1 saturated heterocycles. The second-order valence-corrected chi connectivity index (χ2v) is 7.86. The number of halogens is 1. The van der Waals surface area contributed by atoms with E-state index in [4.69, 9.17) is 0 Å². The zero-order valence-electron chi connectivity index (χ0n) is 14.4. The van der Waals surface area contributed by atoms with Gasteiger partial charge in [-0.2, -0.15) is 0 Å². The maximum atomic E-state index is 12.2. The summed E-state index contributed by atoms with van der Waals surface area (Å²) in [4.78, 5) is 12.2. The van der Waals surface area contributed by atoms with Crippen LogP contribution >= 0.6 is 12.4 Å². The molecule has 3 atom stereocenters. The van der Waals surface area contributed by atoms with E-state index in [0.29, 0.717) is 31.6 Å². The normalized spacial score (nSPS) is 21.4. The highest BCUT2D eigenvalue weighted by atomic mass is 35.5. The standard InChI is InChI=1S/C16H25N3O4S.ClH/c1-3-11(2)19-24(22,23)14-6-4-12(5-7-14)16(21)18-9-13-8-17-10-15(13)20;/h4-7,11,13,15,17,19-20H,3,8-10H2,1-2H3,(H,18,21);1H. The van der Waals surface area contributed by atoms with Crippen molar-refractivity contribution in [1.82, 2.24) is 15.4 Å². The van der Waals surface area contributed by atoms with Gasteiger partial charge in [-0.15, -0.1) is 12.4 Å². The summed E-state index contributed by atoms with van der Waals surface area (Å²) >= 11 is 0. The van der Waals surface area contributed by atoms with Gasteiger partial charge in [0.15, 0.2) is 0 Å². The first-order chi connectivity index (χ1) is 11.3. The molecule has 3 unspecified atom stereocenters. The zero-order valence-corrected chi connectivity index (χ0v) is 16.0. The number of hydrogen-bond donors (Lipinski definition) is 4. The lowest BCUT2D eigenvalue weighted by molar-refractivity contribution is 0.0927. The highest BCUT2D eigenvalue weighted by Gasteiger charge is 2.25. The minimum atomic E-state index is -3.57. The minimum Gasteiger partial charge on any atom is -0.391 e. The van der Waals surface area contributed by atoms with Gasteiger partial charge in [0, 0.05) is 37.2 Å². The Hall–Kier alpha value is -1.19. The number of sulfonamides is 1. The molecule has 1 aliphatic rings. The summed E-state index contributed by atoms with van der Waals surface area (Å²) in [5, 5.41) is 15.5. The molecule has 1 aliphatic heterocycles. The van der Waals surface area contributed by atoms with Gasteiger partial charge in [-0.25, -0.2) is 13.1 Å². The number of benzene rings is 1. The molecule has 0 aliphatic carbocycles. The number of aliphatic hydroxyl groups excluding tert-OH is 1. The average molecular weight is 392 g/mol. The summed E-state index contributed by atoms with van der Waals surface area (Å²) < 4.78 is 26.9. The highest BCUT2D eigenvalue weighted by molar-refractivity contribution is 7.89. The number of β-amino-alcohol motifs (C(OH)–C–C–N with tert-alkyl or cyclic N) is 1. The molecule has 1 aromatic carbocycles. The number of hydrogen-bond acceptors (Lipinski definition) is 5. The van der Waals surface area contributed by atoms with Crippen LogP contribution in [0, 0.1) is 5.92 Å². The monoisotopic (exact) mass is 391 g/mol. The summed E-state index contributed by atoms with van der Waals surface area (Å²) in [6.45, 7) is 5.28. The molecule has 0 radical (unpaired) electrons. The highest BCUT2D eigenvalue weighted by Crippen LogP contribution is 2.12. The first kappa shape index (κ1) is 21.9. The van der Waals surface area contributed by atoms with Gasteiger partial charge in [-0.3, -0.25) is 4.79 Å². The summed E-state index contributed by atoms with van der Waals surface area (Å²) in [7, 11) is -3.57.